The van der Waals surface area contributed by atoms with Gasteiger partial charge < -0.3 is 25.7 Å². The van der Waals surface area contributed by atoms with Gasteiger partial charge in [-0.15, -0.1) is 0 Å². The van der Waals surface area contributed by atoms with Crippen LogP contribution in [0.1, 0.15) is 17.0 Å². The molecule has 0 bridgehead atoms. The zero-order chi connectivity index (χ0) is 17.3. The van der Waals surface area contributed by atoms with Gasteiger partial charge in [0, 0.05) is 28.9 Å². The van der Waals surface area contributed by atoms with E-state index in [1.165, 1.54) is 0 Å². The van der Waals surface area contributed by atoms with Gasteiger partial charge >= 0.3 is 0 Å². The lowest BCUT2D eigenvalue weighted by atomic mass is 9.83. The Labute approximate surface area is 139 Å². The van der Waals surface area contributed by atoms with Crippen LogP contribution in [0.3, 0.4) is 0 Å². The molecule has 0 unspecified atom stereocenters. The number of hydrogen-bond donors (Lipinski definition) is 2. The van der Waals surface area contributed by atoms with E-state index in [1.54, 1.807) is 32.4 Å². The zero-order valence-corrected chi connectivity index (χ0v) is 13.4. The molecule has 4 N–H and O–H groups in total. The summed E-state index contributed by atoms with van der Waals surface area (Å²) in [5.74, 6) is 1.47. The molecule has 6 heteroatoms. The number of nitrogens with two attached hydrogens (primary N) is 2. The summed E-state index contributed by atoms with van der Waals surface area (Å²) >= 11 is 0. The molecular formula is C18H17N3O3. The van der Waals surface area contributed by atoms with Crippen molar-refractivity contribution in [1.29, 1.82) is 5.26 Å². The van der Waals surface area contributed by atoms with Gasteiger partial charge in [-0.25, -0.2) is 0 Å². The van der Waals surface area contributed by atoms with Crippen LogP contribution in [0.25, 0.3) is 0 Å². The maximum atomic E-state index is 9.58. The van der Waals surface area contributed by atoms with Crippen molar-refractivity contribution in [3.05, 3.63) is 59.0 Å². The normalized spacial score (nSPS) is 16.0. The fourth-order valence-electron chi connectivity index (χ4n) is 2.85. The molecule has 0 radical (unpaired) electrons. The summed E-state index contributed by atoms with van der Waals surface area (Å²) in [5, 5.41) is 9.58. The van der Waals surface area contributed by atoms with Crippen LogP contribution >= 0.6 is 0 Å². The highest BCUT2D eigenvalue weighted by molar-refractivity contribution is 5.62. The summed E-state index contributed by atoms with van der Waals surface area (Å²) in [4.78, 5) is 0. The largest absolute Gasteiger partial charge is 0.497 e. The van der Waals surface area contributed by atoms with Gasteiger partial charge in [-0.1, -0.05) is 12.1 Å². The third-order valence-corrected chi connectivity index (χ3v) is 3.99. The van der Waals surface area contributed by atoms with Gasteiger partial charge in [0.2, 0.25) is 5.88 Å². The summed E-state index contributed by atoms with van der Waals surface area (Å²) < 4.78 is 16.3. The number of ether oxygens (including phenoxy) is 3. The Morgan fingerprint density at radius 3 is 2.46 bits per heavy atom. The Kier molecular flexibility index (Phi) is 3.92. The van der Waals surface area contributed by atoms with Crippen molar-refractivity contribution in [2.24, 2.45) is 5.73 Å². The maximum Gasteiger partial charge on any atom is 0.205 e. The smallest absolute Gasteiger partial charge is 0.205 e. The molecule has 1 aliphatic heterocycles. The molecule has 1 atom stereocenters. The number of benzene rings is 2. The minimum absolute atomic E-state index is 0.0680. The molecule has 3 rings (SSSR count). The highest BCUT2D eigenvalue weighted by Crippen LogP contribution is 2.45. The summed E-state index contributed by atoms with van der Waals surface area (Å²) in [7, 11) is 3.15. The average molecular weight is 323 g/mol. The topological polar surface area (TPSA) is 104 Å². The first-order chi connectivity index (χ1) is 11.6. The van der Waals surface area contributed by atoms with Crippen molar-refractivity contribution >= 4 is 5.69 Å². The SMILES string of the molecule is COc1ccc([C@@H]2C(C#N)=C(N)Oc3cc(N)ccc32)c(OC)c1. The number of nitriles is 1. The molecule has 0 amide bonds. The van der Waals surface area contributed by atoms with E-state index in [0.29, 0.717) is 28.5 Å². The Bertz CT molecular complexity index is 868. The molecule has 2 aromatic rings. The maximum absolute atomic E-state index is 9.58. The Balaban J connectivity index is 2.24. The van der Waals surface area contributed by atoms with Gasteiger partial charge in [0.25, 0.3) is 0 Å². The minimum atomic E-state index is -0.403. The lowest BCUT2D eigenvalue weighted by Gasteiger charge is -2.27. The molecular weight excluding hydrogens is 306 g/mol. The predicted octanol–water partition coefficient (Wildman–Crippen LogP) is 2.50. The van der Waals surface area contributed by atoms with Gasteiger partial charge in [0.15, 0.2) is 0 Å². The van der Waals surface area contributed by atoms with Gasteiger partial charge in [-0.3, -0.25) is 0 Å². The fourth-order valence-corrected chi connectivity index (χ4v) is 2.85. The number of fused-ring (bicyclic) bond motifs is 1. The predicted molar refractivity (Wildman–Crippen MR) is 89.7 cm³/mol. The van der Waals surface area contributed by atoms with E-state index in [4.69, 9.17) is 25.7 Å². The molecule has 122 valence electrons. The van der Waals surface area contributed by atoms with Crippen molar-refractivity contribution in [3.8, 4) is 23.3 Å². The first-order valence-corrected chi connectivity index (χ1v) is 7.28. The quantitative estimate of drug-likeness (QED) is 0.841. The molecule has 0 aliphatic carbocycles. The fraction of sp³-hybridized carbons (Fsp3) is 0.167. The first kappa shape index (κ1) is 15.6. The van der Waals surface area contributed by atoms with Crippen LogP contribution < -0.4 is 25.7 Å². The van der Waals surface area contributed by atoms with Crippen molar-refractivity contribution in [2.45, 2.75) is 5.92 Å². The van der Waals surface area contributed by atoms with Crippen LogP contribution in [0, 0.1) is 11.3 Å². The number of nitrogen functional groups attached to an aromatic ring is 1. The lowest BCUT2D eigenvalue weighted by Crippen LogP contribution is -2.21. The van der Waals surface area contributed by atoms with Crippen LogP contribution in [-0.2, 0) is 0 Å². The van der Waals surface area contributed by atoms with Crippen LogP contribution in [0.15, 0.2) is 47.9 Å². The van der Waals surface area contributed by atoms with Gasteiger partial charge in [-0.2, -0.15) is 5.26 Å². The van der Waals surface area contributed by atoms with Crippen molar-refractivity contribution in [2.75, 3.05) is 20.0 Å². The van der Waals surface area contributed by atoms with E-state index >= 15 is 0 Å². The zero-order valence-electron chi connectivity index (χ0n) is 13.4. The molecule has 6 nitrogen and oxygen atoms in total. The van der Waals surface area contributed by atoms with E-state index < -0.39 is 5.92 Å². The molecule has 0 spiro atoms. The van der Waals surface area contributed by atoms with E-state index in [0.717, 1.165) is 11.1 Å². The second kappa shape index (κ2) is 6.05. The minimum Gasteiger partial charge on any atom is -0.497 e. The summed E-state index contributed by atoms with van der Waals surface area (Å²) in [6, 6.07) is 12.9. The standard InChI is InChI=1S/C18H17N3O3/c1-22-11-4-6-12(15(8-11)23-2)17-13-5-3-10(20)7-16(13)24-18(21)14(17)9-19/h3-8,17H,20-21H2,1-2H3/t17-/m0/s1. The molecule has 24 heavy (non-hydrogen) atoms. The van der Waals surface area contributed by atoms with Crippen LogP contribution in [0.5, 0.6) is 17.2 Å². The first-order valence-electron chi connectivity index (χ1n) is 7.28. The molecule has 2 aromatic carbocycles. The van der Waals surface area contributed by atoms with Gasteiger partial charge in [-0.05, 0) is 12.1 Å². The number of nitrogens with zero attached hydrogens (tertiary/aromatic N) is 1. The summed E-state index contributed by atoms with van der Waals surface area (Å²) in [6.07, 6.45) is 0. The Morgan fingerprint density at radius 1 is 1.04 bits per heavy atom. The van der Waals surface area contributed by atoms with E-state index in [-0.39, 0.29) is 5.88 Å². The summed E-state index contributed by atoms with van der Waals surface area (Å²) in [6.45, 7) is 0. The number of allylic oxidation sites excluding steroid dienone is 1. The van der Waals surface area contributed by atoms with Gasteiger partial charge in [0.05, 0.1) is 20.1 Å². The number of methoxy groups -OCH3 is 2. The number of rotatable bonds is 3. The number of hydrogen-bond acceptors (Lipinski definition) is 6. The number of anilines is 1. The van der Waals surface area contributed by atoms with Crippen LogP contribution in [0.4, 0.5) is 5.69 Å². The highest BCUT2D eigenvalue weighted by Gasteiger charge is 2.32. The third-order valence-electron chi connectivity index (χ3n) is 3.99. The van der Waals surface area contributed by atoms with Crippen molar-refractivity contribution in [3.63, 3.8) is 0 Å². The molecule has 0 fully saturated rings. The van der Waals surface area contributed by atoms with E-state index in [1.807, 2.05) is 18.2 Å². The van der Waals surface area contributed by atoms with Crippen molar-refractivity contribution in [1.82, 2.24) is 0 Å². The molecule has 0 saturated heterocycles. The van der Waals surface area contributed by atoms with Crippen LogP contribution in [-0.4, -0.2) is 14.2 Å². The third kappa shape index (κ3) is 2.46. The Morgan fingerprint density at radius 2 is 1.79 bits per heavy atom. The molecule has 0 saturated carbocycles. The van der Waals surface area contributed by atoms with Crippen molar-refractivity contribution < 1.29 is 14.2 Å². The van der Waals surface area contributed by atoms with E-state index in [9.17, 15) is 5.26 Å². The van der Waals surface area contributed by atoms with Gasteiger partial charge in [0.1, 0.15) is 28.9 Å². The Hall–Kier alpha value is -3.33. The lowest BCUT2D eigenvalue weighted by molar-refractivity contribution is 0.381. The monoisotopic (exact) mass is 323 g/mol. The highest BCUT2D eigenvalue weighted by atomic mass is 16.5. The van der Waals surface area contributed by atoms with E-state index in [2.05, 4.69) is 6.07 Å². The second-order valence-electron chi connectivity index (χ2n) is 5.33. The molecule has 1 heterocycles. The second-order valence-corrected chi connectivity index (χ2v) is 5.33. The average Bonchev–Trinajstić information content (AvgIpc) is 2.59. The molecule has 1 aliphatic rings. The molecule has 0 aromatic heterocycles. The van der Waals surface area contributed by atoms with Crippen LogP contribution in [0.2, 0.25) is 0 Å². The summed E-state index contributed by atoms with van der Waals surface area (Å²) in [5.41, 5.74) is 14.3.